The number of hydrogen-bond acceptors (Lipinski definition) is 8. The highest BCUT2D eigenvalue weighted by atomic mass is 32.1. The van der Waals surface area contributed by atoms with Gasteiger partial charge >= 0.3 is 12.2 Å². The molecule has 16 heteroatoms. The van der Waals surface area contributed by atoms with Crippen molar-refractivity contribution < 1.29 is 40.3 Å². The lowest BCUT2D eigenvalue weighted by Crippen LogP contribution is -2.46. The average molecular weight is 667 g/mol. The quantitative estimate of drug-likeness (QED) is 0.227. The van der Waals surface area contributed by atoms with Crippen molar-refractivity contribution in [2.75, 3.05) is 30.8 Å². The van der Waals surface area contributed by atoms with E-state index in [1.54, 1.807) is 24.8 Å². The number of methoxy groups -OCH3 is 1. The zero-order valence-corrected chi connectivity index (χ0v) is 25.3. The van der Waals surface area contributed by atoms with Gasteiger partial charge in [0.05, 0.1) is 29.0 Å². The van der Waals surface area contributed by atoms with E-state index in [4.69, 9.17) is 10.5 Å². The maximum Gasteiger partial charge on any atom is 0.417 e. The van der Waals surface area contributed by atoms with Gasteiger partial charge in [-0.1, -0.05) is 6.07 Å². The van der Waals surface area contributed by atoms with Gasteiger partial charge in [0.2, 0.25) is 5.91 Å². The minimum atomic E-state index is -5.15. The van der Waals surface area contributed by atoms with Crippen molar-refractivity contribution in [2.45, 2.75) is 50.9 Å². The number of anilines is 2. The van der Waals surface area contributed by atoms with Crippen molar-refractivity contribution in [3.8, 4) is 23.2 Å². The largest absolute Gasteiger partial charge is 0.467 e. The van der Waals surface area contributed by atoms with Gasteiger partial charge in [-0.25, -0.2) is 17.6 Å². The number of rotatable bonds is 6. The number of hydrogen-bond donors (Lipinski definition) is 1. The van der Waals surface area contributed by atoms with Crippen LogP contribution in [-0.4, -0.2) is 59.0 Å². The summed E-state index contributed by atoms with van der Waals surface area (Å²) in [6.07, 6.45) is -5.41. The monoisotopic (exact) mass is 666 g/mol. The fourth-order valence-corrected chi connectivity index (χ4v) is 7.32. The van der Waals surface area contributed by atoms with Gasteiger partial charge in [0.15, 0.2) is 5.82 Å². The topological polar surface area (TPSA) is 108 Å². The van der Waals surface area contributed by atoms with Crippen LogP contribution in [0.15, 0.2) is 18.2 Å². The Balaban J connectivity index is 1.57. The lowest BCUT2D eigenvalue weighted by molar-refractivity contribution is -0.137. The summed E-state index contributed by atoms with van der Waals surface area (Å²) in [5.74, 6) is -7.57. The first-order chi connectivity index (χ1) is 21.6. The van der Waals surface area contributed by atoms with Crippen LogP contribution in [0, 0.1) is 28.9 Å². The van der Waals surface area contributed by atoms with Crippen LogP contribution in [-0.2, 0) is 11.0 Å². The maximum absolute atomic E-state index is 16.7. The van der Waals surface area contributed by atoms with E-state index in [2.05, 4.69) is 9.97 Å². The van der Waals surface area contributed by atoms with Crippen molar-refractivity contribution in [2.24, 2.45) is 5.92 Å². The predicted molar refractivity (Wildman–Crippen MR) is 157 cm³/mol. The number of thiophene rings is 1. The molecule has 0 spiro atoms. The Morgan fingerprint density at radius 2 is 1.98 bits per heavy atom. The van der Waals surface area contributed by atoms with E-state index in [1.807, 2.05) is 0 Å². The van der Waals surface area contributed by atoms with Crippen LogP contribution in [0.25, 0.3) is 32.1 Å². The number of nitrogen functional groups attached to an aromatic ring is 1. The second kappa shape index (κ2) is 10.9. The number of likely N-dealkylation sites (tertiary alicyclic amines) is 1. The number of alkyl halides is 5. The molecule has 1 aliphatic heterocycles. The Hall–Kier alpha value is -4.39. The lowest BCUT2D eigenvalue weighted by atomic mass is 9.92. The average Bonchev–Trinajstić information content (AvgIpc) is 3.28. The summed E-state index contributed by atoms with van der Waals surface area (Å²) in [6.45, 7) is 3.60. The van der Waals surface area contributed by atoms with E-state index in [-0.39, 0.29) is 57.4 Å². The third-order valence-corrected chi connectivity index (χ3v) is 9.74. The van der Waals surface area contributed by atoms with Gasteiger partial charge in [-0.15, -0.1) is 11.3 Å². The predicted octanol–water partition coefficient (Wildman–Crippen LogP) is 6.74. The number of nitriles is 1. The summed E-state index contributed by atoms with van der Waals surface area (Å²) < 4.78 is 108. The van der Waals surface area contributed by atoms with Crippen LogP contribution in [0.2, 0.25) is 0 Å². The normalized spacial score (nSPS) is 20.7. The van der Waals surface area contributed by atoms with Gasteiger partial charge in [0, 0.05) is 41.9 Å². The van der Waals surface area contributed by atoms with E-state index in [0.717, 1.165) is 12.1 Å². The molecule has 8 nitrogen and oxygen atoms in total. The van der Waals surface area contributed by atoms with Gasteiger partial charge in [-0.2, -0.15) is 28.4 Å². The molecule has 46 heavy (non-hydrogen) atoms. The molecule has 2 fully saturated rings. The van der Waals surface area contributed by atoms with Gasteiger partial charge < -0.3 is 20.3 Å². The number of aromatic nitrogens is 2. The highest BCUT2D eigenvalue weighted by Gasteiger charge is 2.63. The molecular formula is C30H25F7N6O2S. The summed E-state index contributed by atoms with van der Waals surface area (Å²) in [5.41, 5.74) is 2.24. The molecule has 6 rings (SSSR count). The van der Waals surface area contributed by atoms with Crippen molar-refractivity contribution in [3.05, 3.63) is 41.0 Å². The van der Waals surface area contributed by atoms with Crippen molar-refractivity contribution in [1.29, 1.82) is 5.26 Å². The summed E-state index contributed by atoms with van der Waals surface area (Å²) in [6, 6.07) is 2.71. The molecule has 3 heterocycles. The number of benzene rings is 2. The molecule has 0 radical (unpaired) electrons. The molecule has 1 saturated heterocycles. The Bertz CT molecular complexity index is 1960. The minimum absolute atomic E-state index is 0.120. The van der Waals surface area contributed by atoms with Gasteiger partial charge in [0.1, 0.15) is 34.1 Å². The Kier molecular flexibility index (Phi) is 7.45. The number of halogens is 7. The van der Waals surface area contributed by atoms with E-state index in [9.17, 15) is 36.4 Å². The van der Waals surface area contributed by atoms with Crippen LogP contribution < -0.4 is 15.4 Å². The molecule has 1 amide bonds. The summed E-state index contributed by atoms with van der Waals surface area (Å²) in [4.78, 5) is 24.1. The number of carbonyl (C=O) groups is 1. The van der Waals surface area contributed by atoms with Crippen LogP contribution in [0.3, 0.4) is 0 Å². The Labute approximate surface area is 261 Å². The maximum atomic E-state index is 16.7. The second-order valence-electron chi connectivity index (χ2n) is 11.2. The van der Waals surface area contributed by atoms with Crippen molar-refractivity contribution in [1.82, 2.24) is 14.9 Å². The fourth-order valence-electron chi connectivity index (χ4n) is 6.37. The molecule has 2 aromatic carbocycles. The molecule has 1 saturated carbocycles. The minimum Gasteiger partial charge on any atom is -0.467 e. The summed E-state index contributed by atoms with van der Waals surface area (Å²) >= 11 is 0.654. The van der Waals surface area contributed by atoms with Crippen LogP contribution in [0.5, 0.6) is 6.01 Å². The molecule has 2 N–H and O–H groups in total. The zero-order chi connectivity index (χ0) is 33.5. The van der Waals surface area contributed by atoms with Crippen molar-refractivity contribution in [3.63, 3.8) is 0 Å². The summed E-state index contributed by atoms with van der Waals surface area (Å²) in [7, 11) is 1.19. The molecule has 242 valence electrons. The molecule has 2 aliphatic rings. The van der Waals surface area contributed by atoms with Crippen LogP contribution >= 0.6 is 11.3 Å². The van der Waals surface area contributed by atoms with E-state index >= 15 is 4.39 Å². The first kappa shape index (κ1) is 31.6. The molecule has 3 unspecified atom stereocenters. The fraction of sp³-hybridized carbons (Fsp3) is 0.400. The first-order valence-corrected chi connectivity index (χ1v) is 15.0. The molecule has 3 atom stereocenters. The number of fused-ring (bicyclic) bond motifs is 2. The van der Waals surface area contributed by atoms with Gasteiger partial charge in [-0.3, -0.25) is 4.79 Å². The van der Waals surface area contributed by atoms with E-state index in [0.29, 0.717) is 17.4 Å². The lowest BCUT2D eigenvalue weighted by Gasteiger charge is -2.34. The third-order valence-electron chi connectivity index (χ3n) is 8.71. The standard InChI is InChI=1S/C30H25F7N6O2S/c1-4-42(19-7-8-43(12(19)2)27(44)17-10-29(17,33)34)26-14-9-16(30(35,36)37)21(22(32)23(14)40-28(41-26)45-3)13-5-6-18(31)24-20(13)15(11-38)25(39)46-24/h5-6,9,12,17,19H,4,7-8,10,39H2,1-3H3. The van der Waals surface area contributed by atoms with Gasteiger partial charge in [0.25, 0.3) is 5.92 Å². The molecule has 2 aromatic heterocycles. The number of likely N-dealkylation sites (N-methyl/N-ethyl adjacent to an activating group) is 1. The Morgan fingerprint density at radius 1 is 1.28 bits per heavy atom. The number of amides is 1. The van der Waals surface area contributed by atoms with Crippen LogP contribution in [0.1, 0.15) is 37.8 Å². The zero-order valence-electron chi connectivity index (χ0n) is 24.5. The highest BCUT2D eigenvalue weighted by molar-refractivity contribution is 7.23. The van der Waals surface area contributed by atoms with E-state index < -0.39 is 76.3 Å². The van der Waals surface area contributed by atoms with Crippen LogP contribution in [0.4, 0.5) is 41.6 Å². The molecule has 1 aliphatic carbocycles. The summed E-state index contributed by atoms with van der Waals surface area (Å²) in [5, 5.41) is 8.96. The number of nitrogens with two attached hydrogens (primary N) is 1. The highest BCUT2D eigenvalue weighted by Crippen LogP contribution is 2.51. The van der Waals surface area contributed by atoms with E-state index in [1.165, 1.54) is 12.0 Å². The first-order valence-electron chi connectivity index (χ1n) is 14.2. The Morgan fingerprint density at radius 3 is 2.57 bits per heavy atom. The van der Waals surface area contributed by atoms with Gasteiger partial charge in [-0.05, 0) is 38.0 Å². The second-order valence-corrected chi connectivity index (χ2v) is 12.3. The molecule has 0 bridgehead atoms. The number of ether oxygens (including phenoxy) is 1. The molecular weight excluding hydrogens is 641 g/mol. The number of nitrogens with zero attached hydrogens (tertiary/aromatic N) is 5. The molecule has 4 aromatic rings. The SMILES string of the molecule is CCN(c1nc(OC)nc2c(F)c(-c3ccc(F)c4sc(N)c(C#N)c34)c(C(F)(F)F)cc12)C1CCN(C(=O)C2CC2(F)F)C1C. The van der Waals surface area contributed by atoms with Crippen molar-refractivity contribution >= 4 is 49.1 Å². The smallest absolute Gasteiger partial charge is 0.417 e. The third kappa shape index (κ3) is 4.83. The number of carbonyl (C=O) groups excluding carboxylic acids is 1.